The van der Waals surface area contributed by atoms with Crippen molar-refractivity contribution in [2.24, 2.45) is 0 Å². The molecule has 35 heavy (non-hydrogen) atoms. The number of thiazole rings is 1. The topological polar surface area (TPSA) is 80.8 Å². The zero-order chi connectivity index (χ0) is 24.8. The van der Waals surface area contributed by atoms with Crippen LogP contribution in [0.25, 0.3) is 0 Å². The van der Waals surface area contributed by atoms with Crippen LogP contribution in [0, 0.1) is 20.8 Å². The predicted octanol–water partition coefficient (Wildman–Crippen LogP) is 4.91. The maximum atomic E-state index is 13.5. The molecule has 1 fully saturated rings. The number of carbonyl (C=O) groups excluding carboxylic acids is 2. The van der Waals surface area contributed by atoms with E-state index in [1.54, 1.807) is 34.4 Å². The van der Waals surface area contributed by atoms with E-state index in [4.69, 9.17) is 9.47 Å². The van der Waals surface area contributed by atoms with Gasteiger partial charge in [0, 0.05) is 29.8 Å². The minimum absolute atomic E-state index is 0.0603. The van der Waals surface area contributed by atoms with Gasteiger partial charge in [-0.1, -0.05) is 18.2 Å². The molecule has 8 heteroatoms. The van der Waals surface area contributed by atoms with Crippen molar-refractivity contribution < 1.29 is 19.1 Å². The van der Waals surface area contributed by atoms with Crippen LogP contribution in [0.15, 0.2) is 47.8 Å². The number of ether oxygens (including phenoxy) is 2. The van der Waals surface area contributed by atoms with Crippen LogP contribution in [-0.2, 0) is 16.1 Å². The molecule has 0 aliphatic carbocycles. The van der Waals surface area contributed by atoms with Crippen LogP contribution < -0.4 is 10.1 Å². The average Bonchev–Trinajstić information content (AvgIpc) is 3.51. The van der Waals surface area contributed by atoms with Crippen molar-refractivity contribution in [1.82, 2.24) is 9.88 Å². The van der Waals surface area contributed by atoms with Crippen LogP contribution in [0.5, 0.6) is 5.75 Å². The summed E-state index contributed by atoms with van der Waals surface area (Å²) in [6, 6.07) is 12.8. The molecule has 3 aromatic rings. The minimum Gasteiger partial charge on any atom is -0.487 e. The third kappa shape index (κ3) is 6.68. The molecule has 0 spiro atoms. The summed E-state index contributed by atoms with van der Waals surface area (Å²) in [4.78, 5) is 32.4. The number of nitrogens with zero attached hydrogens (tertiary/aromatic N) is 2. The molecule has 184 valence electrons. The number of aryl methyl sites for hydroxylation is 2. The molecule has 0 bridgehead atoms. The number of carbonyl (C=O) groups is 2. The number of anilines is 1. The lowest BCUT2D eigenvalue weighted by Crippen LogP contribution is -2.42. The SMILES string of the molecule is Cc1nc(COc2cccc(C(=O)N(CC(=O)Nc3cccc(C)c3C)C[C@@H]3CCCO3)c2)cs1. The summed E-state index contributed by atoms with van der Waals surface area (Å²) in [6.07, 6.45) is 1.76. The van der Waals surface area contributed by atoms with Crippen LogP contribution in [0.4, 0.5) is 5.69 Å². The van der Waals surface area contributed by atoms with Gasteiger partial charge in [0.2, 0.25) is 5.91 Å². The first-order chi connectivity index (χ1) is 16.9. The molecule has 1 saturated heterocycles. The average molecular weight is 494 g/mol. The molecule has 0 radical (unpaired) electrons. The Hall–Kier alpha value is -3.23. The van der Waals surface area contributed by atoms with Crippen LogP contribution in [0.3, 0.4) is 0 Å². The number of hydrogen-bond acceptors (Lipinski definition) is 6. The summed E-state index contributed by atoms with van der Waals surface area (Å²) < 4.78 is 11.6. The predicted molar refractivity (Wildman–Crippen MR) is 137 cm³/mol. The molecule has 2 heterocycles. The Morgan fingerprint density at radius 2 is 2.03 bits per heavy atom. The molecular weight excluding hydrogens is 462 g/mol. The zero-order valence-electron chi connectivity index (χ0n) is 20.4. The summed E-state index contributed by atoms with van der Waals surface area (Å²) >= 11 is 1.57. The molecule has 1 N–H and O–H groups in total. The standard InChI is InChI=1S/C27H31N3O4S/c1-18-7-4-11-25(19(18)2)29-26(31)15-30(14-24-10-6-12-33-24)27(32)21-8-5-9-23(13-21)34-16-22-17-35-20(3)28-22/h4-5,7-9,11,13,17,24H,6,10,12,14-16H2,1-3H3,(H,29,31)/t24-/m0/s1. The summed E-state index contributed by atoms with van der Waals surface area (Å²) in [5.74, 6) is 0.112. The Bertz CT molecular complexity index is 1190. The molecule has 7 nitrogen and oxygen atoms in total. The van der Waals surface area contributed by atoms with E-state index in [9.17, 15) is 9.59 Å². The third-order valence-electron chi connectivity index (χ3n) is 6.08. The van der Waals surface area contributed by atoms with Crippen LogP contribution in [-0.4, -0.2) is 47.5 Å². The van der Waals surface area contributed by atoms with Gasteiger partial charge in [0.15, 0.2) is 0 Å². The first-order valence-corrected chi connectivity index (χ1v) is 12.7. The Kier molecular flexibility index (Phi) is 8.15. The summed E-state index contributed by atoms with van der Waals surface area (Å²) in [5.41, 5.74) is 4.19. The van der Waals surface area contributed by atoms with Gasteiger partial charge in [-0.3, -0.25) is 9.59 Å². The monoisotopic (exact) mass is 493 g/mol. The fourth-order valence-electron chi connectivity index (χ4n) is 4.04. The molecule has 1 atom stereocenters. The Balaban J connectivity index is 1.46. The number of amides is 2. The lowest BCUT2D eigenvalue weighted by Gasteiger charge is -2.25. The van der Waals surface area contributed by atoms with Crippen molar-refractivity contribution in [2.45, 2.75) is 46.3 Å². The van der Waals surface area contributed by atoms with Crippen LogP contribution >= 0.6 is 11.3 Å². The Morgan fingerprint density at radius 1 is 1.20 bits per heavy atom. The Morgan fingerprint density at radius 3 is 2.77 bits per heavy atom. The highest BCUT2D eigenvalue weighted by molar-refractivity contribution is 7.09. The van der Waals surface area contributed by atoms with E-state index in [-0.39, 0.29) is 24.5 Å². The number of nitrogens with one attached hydrogen (secondary N) is 1. The van der Waals surface area contributed by atoms with Crippen molar-refractivity contribution in [2.75, 3.05) is 25.0 Å². The maximum Gasteiger partial charge on any atom is 0.254 e. The summed E-state index contributed by atoms with van der Waals surface area (Å²) in [5, 5.41) is 5.90. The molecule has 1 aliphatic heterocycles. The first kappa shape index (κ1) is 24.9. The van der Waals surface area contributed by atoms with Crippen LogP contribution in [0.1, 0.15) is 45.0 Å². The van der Waals surface area contributed by atoms with Gasteiger partial charge < -0.3 is 19.7 Å². The van der Waals surface area contributed by atoms with Gasteiger partial charge in [-0.05, 0) is 69.0 Å². The Labute approximate surface area is 210 Å². The molecule has 2 amide bonds. The van der Waals surface area contributed by atoms with Gasteiger partial charge in [-0.25, -0.2) is 4.98 Å². The largest absolute Gasteiger partial charge is 0.487 e. The normalized spacial score (nSPS) is 15.1. The fraction of sp³-hybridized carbons (Fsp3) is 0.370. The number of benzene rings is 2. The molecular formula is C27H31N3O4S. The van der Waals surface area contributed by atoms with Gasteiger partial charge in [-0.15, -0.1) is 11.3 Å². The zero-order valence-corrected chi connectivity index (χ0v) is 21.2. The van der Waals surface area contributed by atoms with E-state index in [0.29, 0.717) is 31.1 Å². The van der Waals surface area contributed by atoms with Gasteiger partial charge in [-0.2, -0.15) is 0 Å². The highest BCUT2D eigenvalue weighted by atomic mass is 32.1. The molecule has 0 saturated carbocycles. The molecule has 4 rings (SSSR count). The van der Waals surface area contributed by atoms with Crippen LogP contribution in [0.2, 0.25) is 0 Å². The number of aromatic nitrogens is 1. The van der Waals surface area contributed by atoms with E-state index in [1.807, 2.05) is 50.4 Å². The quantitative estimate of drug-likeness (QED) is 0.458. The highest BCUT2D eigenvalue weighted by Gasteiger charge is 2.26. The molecule has 1 aliphatic rings. The number of hydrogen-bond donors (Lipinski definition) is 1. The van der Waals surface area contributed by atoms with Gasteiger partial charge in [0.05, 0.1) is 16.8 Å². The lowest BCUT2D eigenvalue weighted by atomic mass is 10.1. The lowest BCUT2D eigenvalue weighted by molar-refractivity contribution is -0.117. The molecule has 1 aromatic heterocycles. The highest BCUT2D eigenvalue weighted by Crippen LogP contribution is 2.21. The smallest absolute Gasteiger partial charge is 0.254 e. The van der Waals surface area contributed by atoms with E-state index in [0.717, 1.165) is 40.4 Å². The number of rotatable bonds is 9. The second kappa shape index (κ2) is 11.5. The van der Waals surface area contributed by atoms with Gasteiger partial charge in [0.1, 0.15) is 18.9 Å². The van der Waals surface area contributed by atoms with E-state index < -0.39 is 0 Å². The first-order valence-electron chi connectivity index (χ1n) is 11.8. The van der Waals surface area contributed by atoms with Gasteiger partial charge >= 0.3 is 0 Å². The fourth-order valence-corrected chi connectivity index (χ4v) is 4.63. The summed E-state index contributed by atoms with van der Waals surface area (Å²) in [6.45, 7) is 7.24. The minimum atomic E-state index is -0.239. The van der Waals surface area contributed by atoms with Crippen molar-refractivity contribution in [3.05, 3.63) is 75.2 Å². The summed E-state index contributed by atoms with van der Waals surface area (Å²) in [7, 11) is 0. The second-order valence-electron chi connectivity index (χ2n) is 8.79. The molecule has 0 unspecified atom stereocenters. The van der Waals surface area contributed by atoms with Crippen molar-refractivity contribution in [3.8, 4) is 5.75 Å². The van der Waals surface area contributed by atoms with Crippen molar-refractivity contribution in [1.29, 1.82) is 0 Å². The van der Waals surface area contributed by atoms with Crippen molar-refractivity contribution >= 4 is 28.8 Å². The van der Waals surface area contributed by atoms with E-state index in [1.165, 1.54) is 0 Å². The van der Waals surface area contributed by atoms with Crippen molar-refractivity contribution in [3.63, 3.8) is 0 Å². The molecule has 2 aromatic carbocycles. The maximum absolute atomic E-state index is 13.5. The third-order valence-corrected chi connectivity index (χ3v) is 6.91. The van der Waals surface area contributed by atoms with E-state index in [2.05, 4.69) is 10.3 Å². The second-order valence-corrected chi connectivity index (χ2v) is 9.85. The van der Waals surface area contributed by atoms with Gasteiger partial charge in [0.25, 0.3) is 5.91 Å². The van der Waals surface area contributed by atoms with E-state index >= 15 is 0 Å².